The highest BCUT2D eigenvalue weighted by atomic mass is 35.5. The molecule has 1 aromatic heterocycles. The zero-order valence-corrected chi connectivity index (χ0v) is 15.9. The lowest BCUT2D eigenvalue weighted by atomic mass is 10.2. The second-order valence-corrected chi connectivity index (χ2v) is 6.47. The third-order valence-electron chi connectivity index (χ3n) is 4.06. The van der Waals surface area contributed by atoms with Crippen LogP contribution in [0.25, 0.3) is 5.69 Å². The van der Waals surface area contributed by atoms with Gasteiger partial charge in [-0.3, -0.25) is 4.79 Å². The zero-order valence-electron chi connectivity index (χ0n) is 15.1. The van der Waals surface area contributed by atoms with Crippen molar-refractivity contribution >= 4 is 23.7 Å². The van der Waals surface area contributed by atoms with Gasteiger partial charge in [-0.25, -0.2) is 5.43 Å². The second-order valence-electron chi connectivity index (χ2n) is 6.03. The molecule has 0 saturated carbocycles. The number of nitrogens with one attached hydrogen (secondary N) is 1. The van der Waals surface area contributed by atoms with E-state index in [0.717, 1.165) is 22.6 Å². The van der Waals surface area contributed by atoms with E-state index < -0.39 is 0 Å². The van der Waals surface area contributed by atoms with Crippen molar-refractivity contribution in [2.24, 2.45) is 5.10 Å². The lowest BCUT2D eigenvalue weighted by Gasteiger charge is -2.09. The van der Waals surface area contributed by atoms with E-state index in [4.69, 9.17) is 16.3 Å². The molecule has 0 saturated heterocycles. The minimum absolute atomic E-state index is 0.123. The van der Waals surface area contributed by atoms with Crippen molar-refractivity contribution in [2.75, 3.05) is 6.61 Å². The molecular formula is C21H20ClN3O2. The van der Waals surface area contributed by atoms with Gasteiger partial charge in [-0.2, -0.15) is 5.10 Å². The van der Waals surface area contributed by atoms with Crippen molar-refractivity contribution in [1.29, 1.82) is 0 Å². The van der Waals surface area contributed by atoms with E-state index in [1.807, 2.05) is 38.1 Å². The Morgan fingerprint density at radius 2 is 1.85 bits per heavy atom. The fraction of sp³-hybridized carbons (Fsp3) is 0.143. The van der Waals surface area contributed by atoms with Crippen LogP contribution in [0, 0.1) is 13.8 Å². The molecule has 0 spiro atoms. The highest BCUT2D eigenvalue weighted by Gasteiger charge is 2.09. The van der Waals surface area contributed by atoms with E-state index in [9.17, 15) is 4.79 Å². The maximum absolute atomic E-state index is 11.9. The quantitative estimate of drug-likeness (QED) is 0.512. The Bertz CT molecular complexity index is 948. The van der Waals surface area contributed by atoms with Crippen LogP contribution in [0.2, 0.25) is 5.02 Å². The number of benzene rings is 2. The van der Waals surface area contributed by atoms with Gasteiger partial charge in [-0.15, -0.1) is 0 Å². The number of hydrogen-bond donors (Lipinski definition) is 1. The van der Waals surface area contributed by atoms with Gasteiger partial charge >= 0.3 is 0 Å². The number of hydrazone groups is 1. The van der Waals surface area contributed by atoms with Gasteiger partial charge in [0.25, 0.3) is 5.91 Å². The summed E-state index contributed by atoms with van der Waals surface area (Å²) in [6.07, 6.45) is 1.64. The molecule has 0 aliphatic carbocycles. The number of aryl methyl sites for hydroxylation is 1. The summed E-state index contributed by atoms with van der Waals surface area (Å²) in [6.45, 7) is 3.94. The van der Waals surface area contributed by atoms with E-state index in [1.54, 1.807) is 30.5 Å². The molecule has 5 nitrogen and oxygen atoms in total. The van der Waals surface area contributed by atoms with Gasteiger partial charge in [0.2, 0.25) is 0 Å². The monoisotopic (exact) mass is 381 g/mol. The molecule has 0 fully saturated rings. The number of para-hydroxylation sites is 1. The molecule has 0 radical (unpaired) electrons. The number of nitrogens with zero attached hydrogens (tertiary/aromatic N) is 2. The van der Waals surface area contributed by atoms with Crippen molar-refractivity contribution in [1.82, 2.24) is 9.99 Å². The Labute approximate surface area is 163 Å². The van der Waals surface area contributed by atoms with E-state index in [2.05, 4.69) is 27.2 Å². The summed E-state index contributed by atoms with van der Waals surface area (Å²) in [6, 6.07) is 18.9. The first kappa shape index (κ1) is 18.7. The largest absolute Gasteiger partial charge is 0.484 e. The maximum Gasteiger partial charge on any atom is 0.277 e. The summed E-state index contributed by atoms with van der Waals surface area (Å²) in [4.78, 5) is 11.9. The van der Waals surface area contributed by atoms with Gasteiger partial charge in [0.1, 0.15) is 5.75 Å². The molecule has 0 aliphatic heterocycles. The molecule has 3 rings (SSSR count). The number of amides is 1. The van der Waals surface area contributed by atoms with Gasteiger partial charge in [0, 0.05) is 27.7 Å². The number of ether oxygens (including phenoxy) is 1. The molecule has 1 N–H and O–H groups in total. The van der Waals surface area contributed by atoms with Crippen molar-refractivity contribution in [3.63, 3.8) is 0 Å². The van der Waals surface area contributed by atoms with Gasteiger partial charge in [-0.1, -0.05) is 29.8 Å². The van der Waals surface area contributed by atoms with Crippen LogP contribution in [0.3, 0.4) is 0 Å². The molecule has 2 aromatic carbocycles. The highest BCUT2D eigenvalue weighted by Crippen LogP contribution is 2.19. The summed E-state index contributed by atoms with van der Waals surface area (Å²) in [5, 5.41) is 4.65. The van der Waals surface area contributed by atoms with Crippen LogP contribution in [0.15, 0.2) is 65.8 Å². The SMILES string of the molecule is Cc1cc(C=NNC(=O)COc2ccc(Cl)cc2)c(C)n1-c1ccccc1. The normalized spacial score (nSPS) is 10.9. The summed E-state index contributed by atoms with van der Waals surface area (Å²) in [7, 11) is 0. The number of aromatic nitrogens is 1. The van der Waals surface area contributed by atoms with Gasteiger partial charge in [-0.05, 0) is 56.3 Å². The Morgan fingerprint density at radius 3 is 2.56 bits per heavy atom. The summed E-state index contributed by atoms with van der Waals surface area (Å²) < 4.78 is 7.53. The Balaban J connectivity index is 1.60. The smallest absolute Gasteiger partial charge is 0.277 e. The van der Waals surface area contributed by atoms with Crippen LogP contribution in [0.1, 0.15) is 17.0 Å². The average molecular weight is 382 g/mol. The second kappa shape index (κ2) is 8.56. The first-order chi connectivity index (χ1) is 13.0. The molecule has 1 amide bonds. The van der Waals surface area contributed by atoms with E-state index in [-0.39, 0.29) is 12.5 Å². The molecule has 6 heteroatoms. The van der Waals surface area contributed by atoms with Gasteiger partial charge in [0.15, 0.2) is 6.61 Å². The van der Waals surface area contributed by atoms with Crippen LogP contribution in [-0.4, -0.2) is 23.3 Å². The van der Waals surface area contributed by atoms with Crippen molar-refractivity contribution in [3.8, 4) is 11.4 Å². The molecule has 138 valence electrons. The predicted octanol–water partition coefficient (Wildman–Crippen LogP) is 4.28. The number of halogens is 1. The minimum atomic E-state index is -0.335. The first-order valence-electron chi connectivity index (χ1n) is 8.49. The highest BCUT2D eigenvalue weighted by molar-refractivity contribution is 6.30. The van der Waals surface area contributed by atoms with Crippen LogP contribution in [-0.2, 0) is 4.79 Å². The van der Waals surface area contributed by atoms with Crippen LogP contribution in [0.4, 0.5) is 0 Å². The molecular weight excluding hydrogens is 362 g/mol. The lowest BCUT2D eigenvalue weighted by molar-refractivity contribution is -0.123. The Kier molecular flexibility index (Phi) is 5.94. The average Bonchev–Trinajstić information content (AvgIpc) is 2.95. The van der Waals surface area contributed by atoms with Gasteiger partial charge in [0.05, 0.1) is 6.21 Å². The summed E-state index contributed by atoms with van der Waals surface area (Å²) in [5.41, 5.74) is 6.65. The number of carbonyl (C=O) groups excluding carboxylic acids is 1. The predicted molar refractivity (Wildman–Crippen MR) is 108 cm³/mol. The zero-order chi connectivity index (χ0) is 19.2. The maximum atomic E-state index is 11.9. The lowest BCUT2D eigenvalue weighted by Crippen LogP contribution is -2.24. The third-order valence-corrected chi connectivity index (χ3v) is 4.31. The first-order valence-corrected chi connectivity index (χ1v) is 8.87. The summed E-state index contributed by atoms with van der Waals surface area (Å²) >= 11 is 5.81. The standard InChI is InChI=1S/C21H20ClN3O2/c1-15-12-17(16(2)25(15)19-6-4-3-5-7-19)13-23-24-21(26)14-27-20-10-8-18(22)9-11-20/h3-13H,14H2,1-2H3,(H,24,26). The fourth-order valence-corrected chi connectivity index (χ4v) is 2.90. The van der Waals surface area contributed by atoms with E-state index >= 15 is 0 Å². The third kappa shape index (κ3) is 4.77. The molecule has 0 bridgehead atoms. The minimum Gasteiger partial charge on any atom is -0.484 e. The number of rotatable bonds is 6. The number of hydrogen-bond acceptors (Lipinski definition) is 3. The molecule has 0 unspecified atom stereocenters. The van der Waals surface area contributed by atoms with Crippen LogP contribution >= 0.6 is 11.6 Å². The van der Waals surface area contributed by atoms with Crippen LogP contribution in [0.5, 0.6) is 5.75 Å². The van der Waals surface area contributed by atoms with E-state index in [1.165, 1.54) is 0 Å². The Hall–Kier alpha value is -3.05. The van der Waals surface area contributed by atoms with Crippen LogP contribution < -0.4 is 10.2 Å². The molecule has 1 heterocycles. The molecule has 0 atom stereocenters. The van der Waals surface area contributed by atoms with Crippen molar-refractivity contribution in [2.45, 2.75) is 13.8 Å². The van der Waals surface area contributed by atoms with Crippen molar-refractivity contribution in [3.05, 3.63) is 82.6 Å². The fourth-order valence-electron chi connectivity index (χ4n) is 2.78. The Morgan fingerprint density at radius 1 is 1.15 bits per heavy atom. The van der Waals surface area contributed by atoms with Crippen molar-refractivity contribution < 1.29 is 9.53 Å². The number of carbonyl (C=O) groups is 1. The summed E-state index contributed by atoms with van der Waals surface area (Å²) in [5.74, 6) is 0.239. The molecule has 27 heavy (non-hydrogen) atoms. The molecule has 3 aromatic rings. The topological polar surface area (TPSA) is 55.6 Å². The molecule has 0 aliphatic rings. The van der Waals surface area contributed by atoms with Gasteiger partial charge < -0.3 is 9.30 Å². The van der Waals surface area contributed by atoms with E-state index in [0.29, 0.717) is 10.8 Å².